The average molecular weight is 298 g/mol. The molecular formula is C14H22N2O3S. The number of sulfone groups is 1. The smallest absolute Gasteiger partial charge is 0.152 e. The van der Waals surface area contributed by atoms with Gasteiger partial charge in [-0.15, -0.1) is 0 Å². The predicted molar refractivity (Wildman–Crippen MR) is 81.1 cm³/mol. The van der Waals surface area contributed by atoms with Crippen molar-refractivity contribution in [3.05, 3.63) is 23.8 Å². The molecule has 0 amide bonds. The van der Waals surface area contributed by atoms with Crippen molar-refractivity contribution in [1.29, 1.82) is 0 Å². The van der Waals surface area contributed by atoms with E-state index in [-0.39, 0.29) is 17.5 Å². The van der Waals surface area contributed by atoms with Crippen molar-refractivity contribution in [2.45, 2.75) is 19.0 Å². The summed E-state index contributed by atoms with van der Waals surface area (Å²) < 4.78 is 28.4. The maximum Gasteiger partial charge on any atom is 0.152 e. The Morgan fingerprint density at radius 1 is 1.40 bits per heavy atom. The summed E-state index contributed by atoms with van der Waals surface area (Å²) in [5.74, 6) is 1.22. The molecule has 1 unspecified atom stereocenters. The molecule has 1 aliphatic rings. The number of rotatable bonds is 5. The summed E-state index contributed by atoms with van der Waals surface area (Å²) in [6.07, 6.45) is 0.656. The van der Waals surface area contributed by atoms with Crippen molar-refractivity contribution in [3.63, 3.8) is 0 Å². The SMILES string of the molecule is COc1ccc(CN(C)C)cc1NC1CCS(=O)(=O)C1. The molecule has 20 heavy (non-hydrogen) atoms. The lowest BCUT2D eigenvalue weighted by molar-refractivity contribution is 0.400. The molecule has 0 saturated carbocycles. The van der Waals surface area contributed by atoms with Gasteiger partial charge in [-0.3, -0.25) is 0 Å². The summed E-state index contributed by atoms with van der Waals surface area (Å²) in [5, 5.41) is 3.31. The van der Waals surface area contributed by atoms with Crippen LogP contribution in [0.4, 0.5) is 5.69 Å². The van der Waals surface area contributed by atoms with Crippen molar-refractivity contribution in [2.24, 2.45) is 0 Å². The normalized spacial score (nSPS) is 21.1. The van der Waals surface area contributed by atoms with E-state index in [2.05, 4.69) is 10.2 Å². The quantitative estimate of drug-likeness (QED) is 0.889. The highest BCUT2D eigenvalue weighted by molar-refractivity contribution is 7.91. The second-order valence-corrected chi connectivity index (χ2v) is 7.75. The number of ether oxygens (including phenoxy) is 1. The highest BCUT2D eigenvalue weighted by Crippen LogP contribution is 2.28. The third-order valence-electron chi connectivity index (χ3n) is 3.35. The van der Waals surface area contributed by atoms with Gasteiger partial charge in [-0.25, -0.2) is 8.42 Å². The summed E-state index contributed by atoms with van der Waals surface area (Å²) in [7, 11) is 2.78. The third-order valence-corrected chi connectivity index (χ3v) is 5.12. The van der Waals surface area contributed by atoms with Crippen LogP contribution in [0.15, 0.2) is 18.2 Å². The minimum absolute atomic E-state index is 0.0245. The molecule has 0 bridgehead atoms. The number of methoxy groups -OCH3 is 1. The van der Waals surface area contributed by atoms with Gasteiger partial charge in [0, 0.05) is 12.6 Å². The number of nitrogens with zero attached hydrogens (tertiary/aromatic N) is 1. The zero-order valence-electron chi connectivity index (χ0n) is 12.2. The molecule has 1 saturated heterocycles. The molecule has 6 heteroatoms. The van der Waals surface area contributed by atoms with Crippen LogP contribution in [0.5, 0.6) is 5.75 Å². The third kappa shape index (κ3) is 3.86. The van der Waals surface area contributed by atoms with Gasteiger partial charge < -0.3 is 15.0 Å². The van der Waals surface area contributed by atoms with Gasteiger partial charge >= 0.3 is 0 Å². The van der Waals surface area contributed by atoms with Gasteiger partial charge in [-0.1, -0.05) is 6.07 Å². The van der Waals surface area contributed by atoms with E-state index in [9.17, 15) is 8.42 Å². The van der Waals surface area contributed by atoms with Crippen molar-refractivity contribution in [2.75, 3.05) is 38.0 Å². The average Bonchev–Trinajstić information content (AvgIpc) is 2.68. The van der Waals surface area contributed by atoms with Crippen LogP contribution in [-0.4, -0.2) is 52.1 Å². The van der Waals surface area contributed by atoms with Gasteiger partial charge in [0.2, 0.25) is 0 Å². The molecule has 2 rings (SSSR count). The molecule has 0 aromatic heterocycles. The summed E-state index contributed by atoms with van der Waals surface area (Å²) in [5.41, 5.74) is 2.04. The van der Waals surface area contributed by atoms with Crippen LogP contribution in [0.3, 0.4) is 0 Å². The Hall–Kier alpha value is -1.27. The minimum atomic E-state index is -2.88. The summed E-state index contributed by atoms with van der Waals surface area (Å²) in [4.78, 5) is 2.09. The maximum absolute atomic E-state index is 11.5. The number of hydrogen-bond donors (Lipinski definition) is 1. The van der Waals surface area contributed by atoms with Crippen LogP contribution in [0.2, 0.25) is 0 Å². The van der Waals surface area contributed by atoms with E-state index >= 15 is 0 Å². The van der Waals surface area contributed by atoms with E-state index in [1.54, 1.807) is 7.11 Å². The lowest BCUT2D eigenvalue weighted by atomic mass is 10.1. The Bertz CT molecular complexity index is 570. The first-order valence-electron chi connectivity index (χ1n) is 6.68. The molecule has 0 aliphatic carbocycles. The first-order valence-corrected chi connectivity index (χ1v) is 8.50. The Morgan fingerprint density at radius 3 is 2.70 bits per heavy atom. The fraction of sp³-hybridized carbons (Fsp3) is 0.571. The molecule has 5 nitrogen and oxygen atoms in total. The molecule has 1 aromatic rings. The lowest BCUT2D eigenvalue weighted by Gasteiger charge is -2.18. The molecule has 112 valence electrons. The Balaban J connectivity index is 2.16. The standard InChI is InChI=1S/C14H22N2O3S/c1-16(2)9-11-4-5-14(19-3)13(8-11)15-12-6-7-20(17,18)10-12/h4-5,8,12,15H,6-7,9-10H2,1-3H3. The van der Waals surface area contributed by atoms with Gasteiger partial charge in [0.25, 0.3) is 0 Å². The minimum Gasteiger partial charge on any atom is -0.495 e. The van der Waals surface area contributed by atoms with Crippen LogP contribution in [0.25, 0.3) is 0 Å². The second-order valence-electron chi connectivity index (χ2n) is 5.52. The van der Waals surface area contributed by atoms with E-state index in [0.29, 0.717) is 6.42 Å². The Kier molecular flexibility index (Phi) is 4.55. The molecule has 0 spiro atoms. The summed E-state index contributed by atoms with van der Waals surface area (Å²) in [6, 6.07) is 5.95. The molecule has 1 fully saturated rings. The Morgan fingerprint density at radius 2 is 2.15 bits per heavy atom. The maximum atomic E-state index is 11.5. The van der Waals surface area contributed by atoms with Crippen LogP contribution >= 0.6 is 0 Å². The van der Waals surface area contributed by atoms with E-state index in [1.807, 2.05) is 32.3 Å². The highest BCUT2D eigenvalue weighted by atomic mass is 32.2. The van der Waals surface area contributed by atoms with Gasteiger partial charge in [0.05, 0.1) is 24.3 Å². The fourth-order valence-corrected chi connectivity index (χ4v) is 4.13. The predicted octanol–water partition coefficient (Wildman–Crippen LogP) is 1.36. The molecular weight excluding hydrogens is 276 g/mol. The molecule has 1 atom stereocenters. The van der Waals surface area contributed by atoms with E-state index in [0.717, 1.165) is 18.0 Å². The number of nitrogens with one attached hydrogen (secondary N) is 1. The van der Waals surface area contributed by atoms with Gasteiger partial charge in [0.1, 0.15) is 5.75 Å². The fourth-order valence-electron chi connectivity index (χ4n) is 2.46. The summed E-state index contributed by atoms with van der Waals surface area (Å²) >= 11 is 0. The van der Waals surface area contributed by atoms with E-state index < -0.39 is 9.84 Å². The largest absolute Gasteiger partial charge is 0.495 e. The number of anilines is 1. The van der Waals surface area contributed by atoms with Crippen LogP contribution < -0.4 is 10.1 Å². The molecule has 0 radical (unpaired) electrons. The van der Waals surface area contributed by atoms with Crippen LogP contribution in [0.1, 0.15) is 12.0 Å². The summed E-state index contributed by atoms with van der Waals surface area (Å²) in [6.45, 7) is 0.835. The van der Waals surface area contributed by atoms with Crippen molar-refractivity contribution >= 4 is 15.5 Å². The number of benzene rings is 1. The second kappa shape index (κ2) is 6.01. The highest BCUT2D eigenvalue weighted by Gasteiger charge is 2.28. The van der Waals surface area contributed by atoms with E-state index in [1.165, 1.54) is 5.56 Å². The monoisotopic (exact) mass is 298 g/mol. The Labute approximate surface area is 120 Å². The van der Waals surface area contributed by atoms with Gasteiger partial charge in [-0.2, -0.15) is 0 Å². The van der Waals surface area contributed by atoms with Crippen molar-refractivity contribution in [3.8, 4) is 5.75 Å². The van der Waals surface area contributed by atoms with Crippen molar-refractivity contribution in [1.82, 2.24) is 4.90 Å². The first kappa shape index (κ1) is 15.1. The molecule has 1 heterocycles. The first-order chi connectivity index (χ1) is 9.39. The number of hydrogen-bond acceptors (Lipinski definition) is 5. The van der Waals surface area contributed by atoms with E-state index in [4.69, 9.17) is 4.74 Å². The molecule has 1 aliphatic heterocycles. The van der Waals surface area contributed by atoms with Gasteiger partial charge in [0.15, 0.2) is 9.84 Å². The molecule has 1 aromatic carbocycles. The zero-order valence-corrected chi connectivity index (χ0v) is 13.0. The van der Waals surface area contributed by atoms with Gasteiger partial charge in [-0.05, 0) is 38.2 Å². The van der Waals surface area contributed by atoms with Crippen LogP contribution in [0, 0.1) is 0 Å². The van der Waals surface area contributed by atoms with Crippen LogP contribution in [-0.2, 0) is 16.4 Å². The zero-order chi connectivity index (χ0) is 14.8. The van der Waals surface area contributed by atoms with Crippen molar-refractivity contribution < 1.29 is 13.2 Å². The lowest BCUT2D eigenvalue weighted by Crippen LogP contribution is -2.21. The topological polar surface area (TPSA) is 58.6 Å². The molecule has 1 N–H and O–H groups in total.